The van der Waals surface area contributed by atoms with Gasteiger partial charge in [0.15, 0.2) is 11.8 Å². The number of aryl methyl sites for hydroxylation is 2. The van der Waals surface area contributed by atoms with E-state index in [0.717, 1.165) is 21.7 Å². The van der Waals surface area contributed by atoms with Crippen LogP contribution in [0.15, 0.2) is 65.7 Å². The molecule has 0 N–H and O–H groups in total. The highest BCUT2D eigenvalue weighted by Crippen LogP contribution is 2.24. The van der Waals surface area contributed by atoms with Crippen LogP contribution in [0.3, 0.4) is 0 Å². The zero-order valence-corrected chi connectivity index (χ0v) is 17.5. The highest BCUT2D eigenvalue weighted by atomic mass is 32.2. The second kappa shape index (κ2) is 8.70. The van der Waals surface area contributed by atoms with Crippen molar-refractivity contribution in [1.82, 2.24) is 4.90 Å². The number of hydrogen-bond acceptors (Lipinski definition) is 4. The summed E-state index contributed by atoms with van der Waals surface area (Å²) in [6, 6.07) is 20.5. The fourth-order valence-electron chi connectivity index (χ4n) is 3.36. The van der Waals surface area contributed by atoms with E-state index in [1.54, 1.807) is 16.7 Å². The molecule has 148 valence electrons. The molecule has 0 aliphatic carbocycles. The van der Waals surface area contributed by atoms with E-state index in [9.17, 15) is 4.79 Å². The second-order valence-electron chi connectivity index (χ2n) is 7.23. The number of carbonyl (C=O) groups excluding carboxylic acids is 1. The van der Waals surface area contributed by atoms with Crippen molar-refractivity contribution in [3.8, 4) is 5.75 Å². The molecule has 3 aromatic rings. The van der Waals surface area contributed by atoms with Crippen molar-refractivity contribution in [3.63, 3.8) is 0 Å². The molecular formula is C24H24N2O2S. The van der Waals surface area contributed by atoms with E-state index in [1.165, 1.54) is 16.7 Å². The number of rotatable bonds is 5. The van der Waals surface area contributed by atoms with Crippen LogP contribution in [0.2, 0.25) is 0 Å². The maximum absolute atomic E-state index is 12.7. The average molecular weight is 405 g/mol. The minimum atomic E-state index is -0.0529. The molecule has 1 amide bonds. The molecule has 3 aromatic carbocycles. The van der Waals surface area contributed by atoms with Crippen LogP contribution in [0.1, 0.15) is 16.7 Å². The Hall–Kier alpha value is -2.79. The molecule has 0 saturated heterocycles. The molecule has 0 fully saturated rings. The Bertz CT molecular complexity index is 1080. The number of ether oxygens (including phenoxy) is 1. The summed E-state index contributed by atoms with van der Waals surface area (Å²) in [6.45, 7) is 5.50. The van der Waals surface area contributed by atoms with E-state index in [1.807, 2.05) is 36.4 Å². The van der Waals surface area contributed by atoms with Gasteiger partial charge < -0.3 is 4.74 Å². The van der Waals surface area contributed by atoms with Gasteiger partial charge in [-0.2, -0.15) is 0 Å². The van der Waals surface area contributed by atoms with Gasteiger partial charge in [0.25, 0.3) is 5.91 Å². The first kappa shape index (κ1) is 19.5. The normalized spacial score (nSPS) is 13.6. The van der Waals surface area contributed by atoms with Crippen molar-refractivity contribution < 1.29 is 9.53 Å². The first-order valence-electron chi connectivity index (χ1n) is 9.75. The third kappa shape index (κ3) is 4.62. The number of amides is 1. The third-order valence-electron chi connectivity index (χ3n) is 5.05. The number of nitrogens with zero attached hydrogens (tertiary/aromatic N) is 2. The van der Waals surface area contributed by atoms with Crippen molar-refractivity contribution in [2.75, 3.05) is 19.7 Å². The number of amidine groups is 1. The highest BCUT2D eigenvalue weighted by Gasteiger charge is 2.24. The largest absolute Gasteiger partial charge is 0.484 e. The molecule has 1 heterocycles. The van der Waals surface area contributed by atoms with Crippen LogP contribution in [0.25, 0.3) is 10.8 Å². The number of aliphatic imine (C=N–C) groups is 1. The van der Waals surface area contributed by atoms with Crippen molar-refractivity contribution in [2.45, 2.75) is 19.6 Å². The van der Waals surface area contributed by atoms with E-state index in [2.05, 4.69) is 43.1 Å². The van der Waals surface area contributed by atoms with E-state index in [0.29, 0.717) is 18.8 Å². The molecule has 0 unspecified atom stereocenters. The SMILES string of the molecule is Cc1ccc(C)c(CSC2=NCCN2C(=O)COc2ccc3ccccc3c2)c1. The predicted molar refractivity (Wildman–Crippen MR) is 121 cm³/mol. The molecule has 0 spiro atoms. The molecule has 0 saturated carbocycles. The Labute approximate surface area is 175 Å². The fourth-order valence-corrected chi connectivity index (χ4v) is 4.49. The molecule has 4 rings (SSSR count). The maximum Gasteiger partial charge on any atom is 0.266 e. The van der Waals surface area contributed by atoms with Crippen LogP contribution >= 0.6 is 11.8 Å². The lowest BCUT2D eigenvalue weighted by Crippen LogP contribution is -2.36. The topological polar surface area (TPSA) is 41.9 Å². The van der Waals surface area contributed by atoms with Crippen LogP contribution in [0.5, 0.6) is 5.75 Å². The third-order valence-corrected chi connectivity index (χ3v) is 6.11. The quantitative estimate of drug-likeness (QED) is 0.603. The van der Waals surface area contributed by atoms with E-state index in [4.69, 9.17) is 4.74 Å². The number of carbonyl (C=O) groups is 1. The summed E-state index contributed by atoms with van der Waals surface area (Å²) in [6.07, 6.45) is 0. The molecule has 4 nitrogen and oxygen atoms in total. The molecule has 1 aliphatic heterocycles. The van der Waals surface area contributed by atoms with Gasteiger partial charge in [0, 0.05) is 12.3 Å². The van der Waals surface area contributed by atoms with Gasteiger partial charge in [0.1, 0.15) is 5.75 Å². The summed E-state index contributed by atoms with van der Waals surface area (Å²) in [5, 5.41) is 3.05. The van der Waals surface area contributed by atoms with Crippen LogP contribution in [0, 0.1) is 13.8 Å². The monoisotopic (exact) mass is 404 g/mol. The lowest BCUT2D eigenvalue weighted by molar-refractivity contribution is -0.128. The number of benzene rings is 3. The van der Waals surface area contributed by atoms with Gasteiger partial charge in [-0.25, -0.2) is 0 Å². The molecule has 0 atom stereocenters. The fraction of sp³-hybridized carbons (Fsp3) is 0.250. The molecule has 0 bridgehead atoms. The lowest BCUT2D eigenvalue weighted by Gasteiger charge is -2.18. The minimum absolute atomic E-state index is 0.0153. The molecule has 29 heavy (non-hydrogen) atoms. The van der Waals surface area contributed by atoms with Crippen LogP contribution in [-0.2, 0) is 10.5 Å². The number of thioether (sulfide) groups is 1. The van der Waals surface area contributed by atoms with Crippen LogP contribution in [-0.4, -0.2) is 35.7 Å². The average Bonchev–Trinajstić information content (AvgIpc) is 3.21. The van der Waals surface area contributed by atoms with Gasteiger partial charge in [-0.15, -0.1) is 0 Å². The van der Waals surface area contributed by atoms with Crippen molar-refractivity contribution in [3.05, 3.63) is 77.4 Å². The zero-order chi connectivity index (χ0) is 20.2. The number of fused-ring (bicyclic) bond motifs is 1. The molecule has 5 heteroatoms. The summed E-state index contributed by atoms with van der Waals surface area (Å²) >= 11 is 1.62. The molecule has 0 radical (unpaired) electrons. The van der Waals surface area contributed by atoms with Crippen molar-refractivity contribution >= 4 is 33.6 Å². The Morgan fingerprint density at radius 1 is 1.07 bits per heavy atom. The molecule has 0 aromatic heterocycles. The summed E-state index contributed by atoms with van der Waals surface area (Å²) in [5.41, 5.74) is 3.79. The first-order valence-corrected chi connectivity index (χ1v) is 10.7. The lowest BCUT2D eigenvalue weighted by atomic mass is 10.1. The summed E-state index contributed by atoms with van der Waals surface area (Å²) in [7, 11) is 0. The summed E-state index contributed by atoms with van der Waals surface area (Å²) in [5.74, 6) is 1.46. The number of hydrogen-bond donors (Lipinski definition) is 0. The van der Waals surface area contributed by atoms with E-state index >= 15 is 0 Å². The smallest absolute Gasteiger partial charge is 0.266 e. The summed E-state index contributed by atoms with van der Waals surface area (Å²) < 4.78 is 5.78. The molecular weight excluding hydrogens is 380 g/mol. The van der Waals surface area contributed by atoms with Gasteiger partial charge in [-0.1, -0.05) is 65.9 Å². The van der Waals surface area contributed by atoms with Gasteiger partial charge in [-0.05, 0) is 47.9 Å². The van der Waals surface area contributed by atoms with Crippen LogP contribution < -0.4 is 4.74 Å². The summed E-state index contributed by atoms with van der Waals surface area (Å²) in [4.78, 5) is 19.0. The maximum atomic E-state index is 12.7. The van der Waals surface area contributed by atoms with Crippen molar-refractivity contribution in [1.29, 1.82) is 0 Å². The van der Waals surface area contributed by atoms with E-state index in [-0.39, 0.29) is 12.5 Å². The zero-order valence-electron chi connectivity index (χ0n) is 16.7. The van der Waals surface area contributed by atoms with E-state index < -0.39 is 0 Å². The molecule has 1 aliphatic rings. The van der Waals surface area contributed by atoms with Gasteiger partial charge in [0.05, 0.1) is 6.54 Å². The Morgan fingerprint density at radius 3 is 2.76 bits per heavy atom. The Kier molecular flexibility index (Phi) is 5.86. The van der Waals surface area contributed by atoms with Crippen LogP contribution in [0.4, 0.5) is 0 Å². The minimum Gasteiger partial charge on any atom is -0.484 e. The Balaban J connectivity index is 1.36. The highest BCUT2D eigenvalue weighted by molar-refractivity contribution is 8.13. The van der Waals surface area contributed by atoms with Gasteiger partial charge in [-0.3, -0.25) is 14.7 Å². The standard InChI is InChI=1S/C24H24N2O2S/c1-17-7-8-18(2)21(13-17)16-29-24-25-11-12-26(24)23(27)15-28-22-10-9-19-5-3-4-6-20(19)14-22/h3-10,13-14H,11-12,15-16H2,1-2H3. The second-order valence-corrected chi connectivity index (χ2v) is 8.17. The Morgan fingerprint density at radius 2 is 1.90 bits per heavy atom. The van der Waals surface area contributed by atoms with Gasteiger partial charge in [0.2, 0.25) is 0 Å². The first-order chi connectivity index (χ1) is 14.1. The van der Waals surface area contributed by atoms with Gasteiger partial charge >= 0.3 is 0 Å². The van der Waals surface area contributed by atoms with Crippen molar-refractivity contribution in [2.24, 2.45) is 4.99 Å². The predicted octanol–water partition coefficient (Wildman–Crippen LogP) is 4.97.